The minimum Gasteiger partial charge on any atom is -0.466 e. The summed E-state index contributed by atoms with van der Waals surface area (Å²) < 4.78 is 4.89. The van der Waals surface area contributed by atoms with E-state index in [1.807, 2.05) is 6.92 Å². The Kier molecular flexibility index (Phi) is 1.90. The fourth-order valence-electron chi connectivity index (χ4n) is 2.47. The van der Waals surface area contributed by atoms with E-state index in [4.69, 9.17) is 4.74 Å². The first-order chi connectivity index (χ1) is 6.16. The first-order valence-corrected chi connectivity index (χ1v) is 4.87. The van der Waals surface area contributed by atoms with E-state index in [1.54, 1.807) is 6.92 Å². The minimum atomic E-state index is -0.169. The summed E-state index contributed by atoms with van der Waals surface area (Å²) in [6, 6.07) is 0. The van der Waals surface area contributed by atoms with Crippen LogP contribution in [0.1, 0.15) is 20.3 Å². The number of carbonyl (C=O) groups excluding carboxylic acids is 2. The second-order valence-corrected chi connectivity index (χ2v) is 4.01. The molecule has 3 heteroatoms. The van der Waals surface area contributed by atoms with Crippen molar-refractivity contribution in [3.8, 4) is 0 Å². The Morgan fingerprint density at radius 3 is 2.77 bits per heavy atom. The maximum Gasteiger partial charge on any atom is 0.309 e. The van der Waals surface area contributed by atoms with Crippen molar-refractivity contribution >= 4 is 11.8 Å². The molecule has 0 heterocycles. The molecule has 0 N–H and O–H groups in total. The molecule has 0 saturated heterocycles. The Balaban J connectivity index is 1.96. The van der Waals surface area contributed by atoms with Gasteiger partial charge in [0.1, 0.15) is 5.78 Å². The van der Waals surface area contributed by atoms with Crippen molar-refractivity contribution in [2.75, 3.05) is 6.61 Å². The molecule has 0 spiro atoms. The van der Waals surface area contributed by atoms with Gasteiger partial charge in [-0.05, 0) is 19.3 Å². The number of ether oxygens (including phenoxy) is 1. The van der Waals surface area contributed by atoms with Crippen LogP contribution < -0.4 is 0 Å². The number of hydrogen-bond donors (Lipinski definition) is 0. The summed E-state index contributed by atoms with van der Waals surface area (Å²) in [5.74, 6) is 0.487. The molecule has 2 saturated carbocycles. The van der Waals surface area contributed by atoms with Gasteiger partial charge in [0.15, 0.2) is 0 Å². The Morgan fingerprint density at radius 2 is 2.31 bits per heavy atom. The summed E-state index contributed by atoms with van der Waals surface area (Å²) in [6.45, 7) is 4.15. The summed E-state index contributed by atoms with van der Waals surface area (Å²) in [5.41, 5.74) is 0. The zero-order valence-corrected chi connectivity index (χ0v) is 7.95. The van der Waals surface area contributed by atoms with E-state index in [-0.39, 0.29) is 29.5 Å². The van der Waals surface area contributed by atoms with Crippen LogP contribution in [0, 0.1) is 23.7 Å². The molecule has 4 unspecified atom stereocenters. The van der Waals surface area contributed by atoms with Crippen molar-refractivity contribution in [3.63, 3.8) is 0 Å². The maximum atomic E-state index is 11.5. The van der Waals surface area contributed by atoms with Gasteiger partial charge in [-0.2, -0.15) is 0 Å². The Bertz CT molecular complexity index is 259. The van der Waals surface area contributed by atoms with E-state index in [0.29, 0.717) is 12.5 Å². The molecule has 0 radical (unpaired) electrons. The number of rotatable bonds is 2. The third-order valence-corrected chi connectivity index (χ3v) is 3.17. The average Bonchev–Trinajstić information content (AvgIpc) is 2.70. The van der Waals surface area contributed by atoms with Crippen molar-refractivity contribution < 1.29 is 14.3 Å². The van der Waals surface area contributed by atoms with Crippen molar-refractivity contribution in [1.82, 2.24) is 0 Å². The minimum absolute atomic E-state index is 0.00838. The zero-order chi connectivity index (χ0) is 9.59. The van der Waals surface area contributed by atoms with Crippen LogP contribution in [0.5, 0.6) is 0 Å². The molecule has 2 fully saturated rings. The lowest BCUT2D eigenvalue weighted by Crippen LogP contribution is -2.17. The number of hydrogen-bond acceptors (Lipinski definition) is 3. The molecular weight excluding hydrogens is 168 g/mol. The molecule has 13 heavy (non-hydrogen) atoms. The maximum absolute atomic E-state index is 11.5. The quantitative estimate of drug-likeness (QED) is 0.599. The third-order valence-electron chi connectivity index (χ3n) is 3.17. The first kappa shape index (κ1) is 8.73. The van der Waals surface area contributed by atoms with Gasteiger partial charge in [-0.15, -0.1) is 0 Å². The second kappa shape index (κ2) is 2.82. The van der Waals surface area contributed by atoms with Crippen molar-refractivity contribution in [2.24, 2.45) is 23.7 Å². The number of Topliss-reactive ketones (excluding diaryl/α,β-unsaturated/α-hetero) is 1. The smallest absolute Gasteiger partial charge is 0.309 e. The highest BCUT2D eigenvalue weighted by Crippen LogP contribution is 2.57. The van der Waals surface area contributed by atoms with Gasteiger partial charge in [0.25, 0.3) is 0 Å². The predicted octanol–water partition coefficient (Wildman–Crippen LogP) is 1.02. The van der Waals surface area contributed by atoms with Gasteiger partial charge in [-0.25, -0.2) is 0 Å². The Morgan fingerprint density at radius 1 is 1.62 bits per heavy atom. The Labute approximate surface area is 77.4 Å². The van der Waals surface area contributed by atoms with Gasteiger partial charge < -0.3 is 4.74 Å². The van der Waals surface area contributed by atoms with E-state index in [1.165, 1.54) is 0 Å². The average molecular weight is 182 g/mol. The van der Waals surface area contributed by atoms with Crippen LogP contribution in [0.2, 0.25) is 0 Å². The number of ketones is 1. The van der Waals surface area contributed by atoms with Gasteiger partial charge in [0, 0.05) is 11.8 Å². The van der Waals surface area contributed by atoms with Crippen LogP contribution in [-0.4, -0.2) is 18.4 Å². The predicted molar refractivity (Wildman–Crippen MR) is 45.9 cm³/mol. The van der Waals surface area contributed by atoms with Crippen LogP contribution in [-0.2, 0) is 14.3 Å². The van der Waals surface area contributed by atoms with Crippen LogP contribution in [0.15, 0.2) is 0 Å². The highest BCUT2D eigenvalue weighted by Gasteiger charge is 2.64. The van der Waals surface area contributed by atoms with Crippen molar-refractivity contribution in [3.05, 3.63) is 0 Å². The SMILES string of the molecule is CCOC(=O)C1C2CC(C)C(=O)C21. The fourth-order valence-corrected chi connectivity index (χ4v) is 2.47. The summed E-state index contributed by atoms with van der Waals surface area (Å²) in [7, 11) is 0. The van der Waals surface area contributed by atoms with Crippen LogP contribution in [0.25, 0.3) is 0 Å². The van der Waals surface area contributed by atoms with E-state index >= 15 is 0 Å². The standard InChI is InChI=1S/C10H14O3/c1-3-13-10(12)8-6-4-5(2)9(11)7(6)8/h5-8H,3-4H2,1-2H3. The summed E-state index contributed by atoms with van der Waals surface area (Å²) in [6.07, 6.45) is 0.882. The van der Waals surface area contributed by atoms with Gasteiger partial charge in [0.05, 0.1) is 12.5 Å². The topological polar surface area (TPSA) is 43.4 Å². The lowest BCUT2D eigenvalue weighted by Gasteiger charge is -2.06. The molecule has 0 aliphatic heterocycles. The number of carbonyl (C=O) groups is 2. The summed E-state index contributed by atoms with van der Waals surface area (Å²) in [5, 5.41) is 0. The fraction of sp³-hybridized carbons (Fsp3) is 0.800. The highest BCUT2D eigenvalue weighted by molar-refractivity contribution is 5.96. The summed E-state index contributed by atoms with van der Waals surface area (Å²) >= 11 is 0. The molecule has 0 aromatic heterocycles. The van der Waals surface area contributed by atoms with Crippen LogP contribution >= 0.6 is 0 Å². The largest absolute Gasteiger partial charge is 0.466 e. The van der Waals surface area contributed by atoms with Crippen molar-refractivity contribution in [2.45, 2.75) is 20.3 Å². The number of esters is 1. The van der Waals surface area contributed by atoms with E-state index < -0.39 is 0 Å². The second-order valence-electron chi connectivity index (χ2n) is 4.01. The van der Waals surface area contributed by atoms with Gasteiger partial charge in [-0.1, -0.05) is 6.92 Å². The number of fused-ring (bicyclic) bond motifs is 1. The van der Waals surface area contributed by atoms with Gasteiger partial charge in [-0.3, -0.25) is 9.59 Å². The molecule has 0 amide bonds. The first-order valence-electron chi connectivity index (χ1n) is 4.87. The van der Waals surface area contributed by atoms with Gasteiger partial charge in [0.2, 0.25) is 0 Å². The molecule has 2 rings (SSSR count). The van der Waals surface area contributed by atoms with Crippen molar-refractivity contribution in [1.29, 1.82) is 0 Å². The normalized spacial score (nSPS) is 41.5. The summed E-state index contributed by atoms with van der Waals surface area (Å²) in [4.78, 5) is 22.8. The van der Waals surface area contributed by atoms with E-state index in [2.05, 4.69) is 0 Å². The Hall–Kier alpha value is -0.860. The molecule has 2 aliphatic rings. The molecular formula is C10H14O3. The zero-order valence-electron chi connectivity index (χ0n) is 7.95. The van der Waals surface area contributed by atoms with E-state index in [0.717, 1.165) is 6.42 Å². The molecule has 2 aliphatic carbocycles. The lowest BCUT2D eigenvalue weighted by atomic mass is 10.0. The van der Waals surface area contributed by atoms with Crippen LogP contribution in [0.3, 0.4) is 0 Å². The van der Waals surface area contributed by atoms with Crippen LogP contribution in [0.4, 0.5) is 0 Å². The van der Waals surface area contributed by atoms with E-state index in [9.17, 15) is 9.59 Å². The lowest BCUT2D eigenvalue weighted by molar-refractivity contribution is -0.146. The van der Waals surface area contributed by atoms with Gasteiger partial charge >= 0.3 is 5.97 Å². The molecule has 3 nitrogen and oxygen atoms in total. The molecule has 0 bridgehead atoms. The third kappa shape index (κ3) is 1.18. The molecule has 0 aromatic carbocycles. The highest BCUT2D eigenvalue weighted by atomic mass is 16.5. The molecule has 4 atom stereocenters. The molecule has 72 valence electrons. The molecule has 0 aromatic rings. The monoisotopic (exact) mass is 182 g/mol.